The number of nitrogens with two attached hydrogens (primary N) is 1. The quantitative estimate of drug-likeness (QED) is 0.837. The molecule has 0 fully saturated rings. The Hall–Kier alpha value is -0.610. The maximum absolute atomic E-state index is 5.90. The number of halogens is 1. The highest BCUT2D eigenvalue weighted by Gasteiger charge is 2.24. The van der Waals surface area contributed by atoms with Crippen LogP contribution in [0.25, 0.3) is 0 Å². The minimum absolute atomic E-state index is 0.154. The van der Waals surface area contributed by atoms with Gasteiger partial charge < -0.3 is 10.5 Å². The van der Waals surface area contributed by atoms with Gasteiger partial charge in [0.25, 0.3) is 0 Å². The van der Waals surface area contributed by atoms with E-state index >= 15 is 0 Å². The molecular formula is C15H25ClN2O. The monoisotopic (exact) mass is 284 g/mol. The SMILES string of the molecule is COC(C)(C)CC(CN)N(C)Cc1ccc(Cl)cc1. The molecule has 0 spiro atoms. The summed E-state index contributed by atoms with van der Waals surface area (Å²) in [7, 11) is 3.84. The van der Waals surface area contributed by atoms with E-state index in [2.05, 4.69) is 25.8 Å². The second kappa shape index (κ2) is 7.25. The molecule has 108 valence electrons. The lowest BCUT2D eigenvalue weighted by molar-refractivity contribution is -0.00538. The summed E-state index contributed by atoms with van der Waals surface area (Å²) in [5.74, 6) is 0. The molecule has 3 nitrogen and oxygen atoms in total. The van der Waals surface area contributed by atoms with E-state index in [9.17, 15) is 0 Å². The highest BCUT2D eigenvalue weighted by molar-refractivity contribution is 6.30. The molecule has 0 amide bonds. The van der Waals surface area contributed by atoms with Gasteiger partial charge in [-0.05, 0) is 45.0 Å². The number of hydrogen-bond acceptors (Lipinski definition) is 3. The fourth-order valence-electron chi connectivity index (χ4n) is 2.08. The van der Waals surface area contributed by atoms with Crippen LogP contribution in [0.3, 0.4) is 0 Å². The largest absolute Gasteiger partial charge is 0.379 e. The van der Waals surface area contributed by atoms with Gasteiger partial charge in [-0.1, -0.05) is 23.7 Å². The van der Waals surface area contributed by atoms with Crippen molar-refractivity contribution in [3.05, 3.63) is 34.9 Å². The molecule has 2 N–H and O–H groups in total. The van der Waals surface area contributed by atoms with Crippen LogP contribution in [0.4, 0.5) is 0 Å². The van der Waals surface area contributed by atoms with Gasteiger partial charge in [0.1, 0.15) is 0 Å². The molecule has 1 atom stereocenters. The second-order valence-electron chi connectivity index (χ2n) is 5.60. The van der Waals surface area contributed by atoms with E-state index in [0.717, 1.165) is 18.0 Å². The van der Waals surface area contributed by atoms with Crippen molar-refractivity contribution in [2.45, 2.75) is 38.5 Å². The minimum atomic E-state index is -0.154. The zero-order valence-corrected chi connectivity index (χ0v) is 13.1. The van der Waals surface area contributed by atoms with Crippen molar-refractivity contribution in [1.29, 1.82) is 0 Å². The average Bonchev–Trinajstić information content (AvgIpc) is 2.38. The lowest BCUT2D eigenvalue weighted by Gasteiger charge is -2.33. The molecule has 4 heteroatoms. The molecule has 0 radical (unpaired) electrons. The summed E-state index contributed by atoms with van der Waals surface area (Å²) >= 11 is 5.89. The van der Waals surface area contributed by atoms with Crippen LogP contribution in [0, 0.1) is 0 Å². The summed E-state index contributed by atoms with van der Waals surface area (Å²) in [6.07, 6.45) is 0.907. The molecule has 1 aromatic rings. The van der Waals surface area contributed by atoms with Crippen molar-refractivity contribution in [3.8, 4) is 0 Å². The predicted octanol–water partition coefficient (Wildman–Crippen LogP) is 2.91. The van der Waals surface area contributed by atoms with Crippen LogP contribution >= 0.6 is 11.6 Å². The molecule has 0 saturated heterocycles. The fourth-order valence-corrected chi connectivity index (χ4v) is 2.20. The van der Waals surface area contributed by atoms with Crippen molar-refractivity contribution >= 4 is 11.6 Å². The van der Waals surface area contributed by atoms with Crippen LogP contribution in [0.1, 0.15) is 25.8 Å². The first kappa shape index (κ1) is 16.4. The highest BCUT2D eigenvalue weighted by Crippen LogP contribution is 2.19. The van der Waals surface area contributed by atoms with Crippen molar-refractivity contribution in [2.24, 2.45) is 5.73 Å². The number of nitrogens with zero attached hydrogens (tertiary/aromatic N) is 1. The predicted molar refractivity (Wildman–Crippen MR) is 81.5 cm³/mol. The van der Waals surface area contributed by atoms with Gasteiger partial charge in [-0.2, -0.15) is 0 Å². The molecular weight excluding hydrogens is 260 g/mol. The zero-order valence-electron chi connectivity index (χ0n) is 12.3. The van der Waals surface area contributed by atoms with Gasteiger partial charge in [0.2, 0.25) is 0 Å². The lowest BCUT2D eigenvalue weighted by atomic mass is 9.97. The normalized spacial score (nSPS) is 13.8. The Bertz CT molecular complexity index is 378. The fraction of sp³-hybridized carbons (Fsp3) is 0.600. The third-order valence-corrected chi connectivity index (χ3v) is 3.77. The van der Waals surface area contributed by atoms with E-state index in [4.69, 9.17) is 22.1 Å². The third-order valence-electron chi connectivity index (χ3n) is 3.52. The molecule has 0 aliphatic carbocycles. The van der Waals surface area contributed by atoms with Gasteiger partial charge in [-0.3, -0.25) is 4.90 Å². The molecule has 0 saturated carbocycles. The number of rotatable bonds is 7. The lowest BCUT2D eigenvalue weighted by Crippen LogP contribution is -2.43. The van der Waals surface area contributed by atoms with Crippen LogP contribution in [-0.2, 0) is 11.3 Å². The smallest absolute Gasteiger partial charge is 0.0638 e. The van der Waals surface area contributed by atoms with E-state index in [1.807, 2.05) is 24.3 Å². The molecule has 0 aromatic heterocycles. The van der Waals surface area contributed by atoms with E-state index in [1.165, 1.54) is 5.56 Å². The van der Waals surface area contributed by atoms with Crippen LogP contribution in [0.2, 0.25) is 5.02 Å². The maximum Gasteiger partial charge on any atom is 0.0638 e. The Morgan fingerprint density at radius 1 is 1.32 bits per heavy atom. The van der Waals surface area contributed by atoms with Gasteiger partial charge in [0, 0.05) is 31.3 Å². The van der Waals surface area contributed by atoms with Gasteiger partial charge in [-0.15, -0.1) is 0 Å². The Kier molecular flexibility index (Phi) is 6.27. The van der Waals surface area contributed by atoms with E-state index in [-0.39, 0.29) is 5.60 Å². The first-order chi connectivity index (χ1) is 8.88. The third kappa shape index (κ3) is 5.49. The molecule has 0 bridgehead atoms. The molecule has 0 aliphatic heterocycles. The van der Waals surface area contributed by atoms with E-state index < -0.39 is 0 Å². The Labute approximate surface area is 121 Å². The van der Waals surface area contributed by atoms with Crippen molar-refractivity contribution in [1.82, 2.24) is 4.90 Å². The molecule has 1 unspecified atom stereocenters. The van der Waals surface area contributed by atoms with Crippen molar-refractivity contribution < 1.29 is 4.74 Å². The Morgan fingerprint density at radius 3 is 2.37 bits per heavy atom. The van der Waals surface area contributed by atoms with Gasteiger partial charge in [0.15, 0.2) is 0 Å². The number of likely N-dealkylation sites (N-methyl/N-ethyl adjacent to an activating group) is 1. The summed E-state index contributed by atoms with van der Waals surface area (Å²) in [5, 5.41) is 0.766. The topological polar surface area (TPSA) is 38.5 Å². The summed E-state index contributed by atoms with van der Waals surface area (Å²) in [5.41, 5.74) is 6.98. The van der Waals surface area contributed by atoms with E-state index in [0.29, 0.717) is 12.6 Å². The van der Waals surface area contributed by atoms with Crippen LogP contribution in [0.15, 0.2) is 24.3 Å². The van der Waals surface area contributed by atoms with Gasteiger partial charge >= 0.3 is 0 Å². The molecule has 19 heavy (non-hydrogen) atoms. The van der Waals surface area contributed by atoms with Crippen LogP contribution in [-0.4, -0.2) is 37.2 Å². The van der Waals surface area contributed by atoms with Crippen molar-refractivity contribution in [3.63, 3.8) is 0 Å². The number of methoxy groups -OCH3 is 1. The van der Waals surface area contributed by atoms with Crippen LogP contribution in [0.5, 0.6) is 0 Å². The summed E-state index contributed by atoms with van der Waals surface area (Å²) < 4.78 is 5.49. The van der Waals surface area contributed by atoms with Gasteiger partial charge in [0.05, 0.1) is 5.60 Å². The number of benzene rings is 1. The summed E-state index contributed by atoms with van der Waals surface area (Å²) in [6, 6.07) is 8.23. The first-order valence-electron chi connectivity index (χ1n) is 6.58. The maximum atomic E-state index is 5.90. The van der Waals surface area contributed by atoms with Crippen LogP contribution < -0.4 is 5.73 Å². The summed E-state index contributed by atoms with van der Waals surface area (Å²) in [4.78, 5) is 2.27. The Balaban J connectivity index is 2.63. The number of hydrogen-bond donors (Lipinski definition) is 1. The zero-order chi connectivity index (χ0) is 14.5. The average molecular weight is 285 g/mol. The minimum Gasteiger partial charge on any atom is -0.379 e. The standard InChI is InChI=1S/C15H25ClN2O/c1-15(2,19-4)9-14(10-17)18(3)11-12-5-7-13(16)8-6-12/h5-8,14H,9-11,17H2,1-4H3. The first-order valence-corrected chi connectivity index (χ1v) is 6.95. The number of ether oxygens (including phenoxy) is 1. The molecule has 0 aliphatic rings. The Morgan fingerprint density at radius 2 is 1.89 bits per heavy atom. The van der Waals surface area contributed by atoms with Gasteiger partial charge in [-0.25, -0.2) is 0 Å². The second-order valence-corrected chi connectivity index (χ2v) is 6.04. The van der Waals surface area contributed by atoms with E-state index in [1.54, 1.807) is 7.11 Å². The molecule has 0 heterocycles. The summed E-state index contributed by atoms with van der Waals surface area (Å²) in [6.45, 7) is 5.66. The molecule has 1 aromatic carbocycles. The van der Waals surface area contributed by atoms with Crippen molar-refractivity contribution in [2.75, 3.05) is 20.7 Å². The molecule has 1 rings (SSSR count). The highest BCUT2D eigenvalue weighted by atomic mass is 35.5.